The minimum absolute atomic E-state index is 0.145. The lowest BCUT2D eigenvalue weighted by atomic mass is 9.91. The topological polar surface area (TPSA) is 46.3 Å². The normalized spacial score (nSPS) is 28.2. The van der Waals surface area contributed by atoms with Crippen molar-refractivity contribution < 1.29 is 4.79 Å². The van der Waals surface area contributed by atoms with Gasteiger partial charge in [0.15, 0.2) is 0 Å². The minimum Gasteiger partial charge on any atom is -0.341 e. The SMILES string of the molecule is CC(C)C[C@H](N)C(=O)N1CC(C)CC(C)C1. The van der Waals surface area contributed by atoms with Crippen LogP contribution >= 0.6 is 0 Å². The van der Waals surface area contributed by atoms with E-state index in [2.05, 4.69) is 27.7 Å². The second-order valence-electron chi connectivity index (χ2n) is 5.93. The largest absolute Gasteiger partial charge is 0.341 e. The van der Waals surface area contributed by atoms with Gasteiger partial charge in [-0.1, -0.05) is 27.7 Å². The number of hydrogen-bond acceptors (Lipinski definition) is 2. The van der Waals surface area contributed by atoms with E-state index in [4.69, 9.17) is 5.73 Å². The summed E-state index contributed by atoms with van der Waals surface area (Å²) in [5.74, 6) is 1.85. The lowest BCUT2D eigenvalue weighted by molar-refractivity contribution is -0.135. The third-order valence-electron chi connectivity index (χ3n) is 3.22. The van der Waals surface area contributed by atoms with Gasteiger partial charge in [0, 0.05) is 13.1 Å². The molecule has 0 bridgehead atoms. The van der Waals surface area contributed by atoms with E-state index in [1.54, 1.807) is 0 Å². The molecule has 3 nitrogen and oxygen atoms in total. The standard InChI is InChI=1S/C13H26N2O/c1-9(2)5-12(14)13(16)15-7-10(3)6-11(4)8-15/h9-12H,5-8,14H2,1-4H3/t10?,11?,12-/m0/s1. The molecule has 1 aliphatic heterocycles. The highest BCUT2D eigenvalue weighted by Crippen LogP contribution is 2.21. The Morgan fingerprint density at radius 2 is 1.81 bits per heavy atom. The van der Waals surface area contributed by atoms with E-state index < -0.39 is 0 Å². The first-order chi connectivity index (χ1) is 7.40. The molecule has 2 unspecified atom stereocenters. The Morgan fingerprint density at radius 3 is 2.25 bits per heavy atom. The fraction of sp³-hybridized carbons (Fsp3) is 0.923. The number of carbonyl (C=O) groups excluding carboxylic acids is 1. The fourth-order valence-electron chi connectivity index (χ4n) is 2.69. The molecular formula is C13H26N2O. The number of nitrogens with two attached hydrogens (primary N) is 1. The maximum Gasteiger partial charge on any atom is 0.239 e. The molecule has 1 rings (SSSR count). The smallest absolute Gasteiger partial charge is 0.239 e. The zero-order chi connectivity index (χ0) is 12.3. The Balaban J connectivity index is 2.52. The molecule has 0 aromatic heterocycles. The van der Waals surface area contributed by atoms with Gasteiger partial charge in [-0.25, -0.2) is 0 Å². The van der Waals surface area contributed by atoms with E-state index in [1.807, 2.05) is 4.90 Å². The summed E-state index contributed by atoms with van der Waals surface area (Å²) in [6, 6.07) is -0.308. The van der Waals surface area contributed by atoms with Crippen molar-refractivity contribution in [3.63, 3.8) is 0 Å². The third-order valence-corrected chi connectivity index (χ3v) is 3.22. The van der Waals surface area contributed by atoms with Crippen LogP contribution in [0.1, 0.15) is 40.5 Å². The quantitative estimate of drug-likeness (QED) is 0.798. The Hall–Kier alpha value is -0.570. The monoisotopic (exact) mass is 226 g/mol. The van der Waals surface area contributed by atoms with Gasteiger partial charge in [-0.05, 0) is 30.6 Å². The van der Waals surface area contributed by atoms with Crippen LogP contribution in [0, 0.1) is 17.8 Å². The number of nitrogens with zero attached hydrogens (tertiary/aromatic N) is 1. The summed E-state index contributed by atoms with van der Waals surface area (Å²) in [7, 11) is 0. The van der Waals surface area contributed by atoms with Crippen molar-refractivity contribution in [1.29, 1.82) is 0 Å². The van der Waals surface area contributed by atoms with E-state index >= 15 is 0 Å². The molecule has 0 aromatic carbocycles. The second-order valence-corrected chi connectivity index (χ2v) is 5.93. The zero-order valence-corrected chi connectivity index (χ0v) is 11.1. The molecule has 3 atom stereocenters. The van der Waals surface area contributed by atoms with Crippen LogP contribution in [0.5, 0.6) is 0 Å². The van der Waals surface area contributed by atoms with Gasteiger partial charge in [-0.2, -0.15) is 0 Å². The molecule has 0 spiro atoms. The fourth-order valence-corrected chi connectivity index (χ4v) is 2.69. The number of likely N-dealkylation sites (tertiary alicyclic amines) is 1. The molecular weight excluding hydrogens is 200 g/mol. The van der Waals surface area contributed by atoms with Crippen molar-refractivity contribution in [1.82, 2.24) is 4.90 Å². The highest BCUT2D eigenvalue weighted by molar-refractivity contribution is 5.81. The lowest BCUT2D eigenvalue weighted by Gasteiger charge is -2.36. The summed E-state index contributed by atoms with van der Waals surface area (Å²) in [4.78, 5) is 14.1. The van der Waals surface area contributed by atoms with Crippen LogP contribution in [0.15, 0.2) is 0 Å². The number of rotatable bonds is 3. The molecule has 1 saturated heterocycles. The van der Waals surface area contributed by atoms with Crippen molar-refractivity contribution in [2.24, 2.45) is 23.5 Å². The van der Waals surface area contributed by atoms with Gasteiger partial charge >= 0.3 is 0 Å². The van der Waals surface area contributed by atoms with Gasteiger partial charge in [-0.15, -0.1) is 0 Å². The molecule has 1 heterocycles. The van der Waals surface area contributed by atoms with Gasteiger partial charge in [0.05, 0.1) is 6.04 Å². The summed E-state index contributed by atoms with van der Waals surface area (Å²) in [6.45, 7) is 10.4. The zero-order valence-electron chi connectivity index (χ0n) is 11.1. The Bertz CT molecular complexity index is 230. The first-order valence-electron chi connectivity index (χ1n) is 6.44. The summed E-state index contributed by atoms with van der Waals surface area (Å²) in [6.07, 6.45) is 2.02. The highest BCUT2D eigenvalue weighted by Gasteiger charge is 2.28. The van der Waals surface area contributed by atoms with E-state index in [-0.39, 0.29) is 11.9 Å². The molecule has 0 radical (unpaired) electrons. The number of hydrogen-bond donors (Lipinski definition) is 1. The second kappa shape index (κ2) is 5.67. The summed E-state index contributed by atoms with van der Waals surface area (Å²) < 4.78 is 0. The van der Waals surface area contributed by atoms with Crippen LogP contribution in [0.2, 0.25) is 0 Å². The average Bonchev–Trinajstić information content (AvgIpc) is 2.13. The number of amides is 1. The first-order valence-corrected chi connectivity index (χ1v) is 6.44. The molecule has 0 aliphatic carbocycles. The van der Waals surface area contributed by atoms with Crippen LogP contribution in [0.3, 0.4) is 0 Å². The maximum absolute atomic E-state index is 12.1. The molecule has 2 N–H and O–H groups in total. The van der Waals surface area contributed by atoms with Crippen molar-refractivity contribution >= 4 is 5.91 Å². The average molecular weight is 226 g/mol. The predicted octanol–water partition coefficient (Wildman–Crippen LogP) is 1.86. The summed E-state index contributed by atoms with van der Waals surface area (Å²) >= 11 is 0. The van der Waals surface area contributed by atoms with E-state index in [0.29, 0.717) is 17.8 Å². The van der Waals surface area contributed by atoms with Crippen LogP contribution < -0.4 is 5.73 Å². The first kappa shape index (κ1) is 13.5. The molecule has 0 saturated carbocycles. The Labute approximate surface area is 99.4 Å². The lowest BCUT2D eigenvalue weighted by Crippen LogP contribution is -2.49. The molecule has 1 amide bonds. The highest BCUT2D eigenvalue weighted by atomic mass is 16.2. The molecule has 1 aliphatic rings. The Kier molecular flexibility index (Phi) is 4.78. The molecule has 1 fully saturated rings. The van der Waals surface area contributed by atoms with E-state index in [9.17, 15) is 4.79 Å². The third kappa shape index (κ3) is 3.78. The molecule has 0 aromatic rings. The van der Waals surface area contributed by atoms with Gasteiger partial charge in [0.2, 0.25) is 5.91 Å². The van der Waals surface area contributed by atoms with Crippen LogP contribution in [0.25, 0.3) is 0 Å². The van der Waals surface area contributed by atoms with E-state index in [0.717, 1.165) is 19.5 Å². The van der Waals surface area contributed by atoms with Crippen molar-refractivity contribution in [2.45, 2.75) is 46.6 Å². The number of piperidine rings is 1. The van der Waals surface area contributed by atoms with Crippen LogP contribution in [-0.4, -0.2) is 29.9 Å². The predicted molar refractivity (Wildman–Crippen MR) is 67.0 cm³/mol. The molecule has 16 heavy (non-hydrogen) atoms. The van der Waals surface area contributed by atoms with E-state index in [1.165, 1.54) is 6.42 Å². The van der Waals surface area contributed by atoms with Gasteiger partial charge < -0.3 is 10.6 Å². The van der Waals surface area contributed by atoms with Gasteiger partial charge in [-0.3, -0.25) is 4.79 Å². The van der Waals surface area contributed by atoms with Gasteiger partial charge in [0.1, 0.15) is 0 Å². The van der Waals surface area contributed by atoms with Crippen LogP contribution in [-0.2, 0) is 4.79 Å². The van der Waals surface area contributed by atoms with Gasteiger partial charge in [0.25, 0.3) is 0 Å². The minimum atomic E-state index is -0.308. The van der Waals surface area contributed by atoms with Crippen molar-refractivity contribution in [2.75, 3.05) is 13.1 Å². The molecule has 3 heteroatoms. The van der Waals surface area contributed by atoms with Crippen molar-refractivity contribution in [3.8, 4) is 0 Å². The summed E-state index contributed by atoms with van der Waals surface area (Å²) in [5, 5.41) is 0. The molecule has 94 valence electrons. The van der Waals surface area contributed by atoms with Crippen LogP contribution in [0.4, 0.5) is 0 Å². The maximum atomic E-state index is 12.1. The number of carbonyl (C=O) groups is 1. The Morgan fingerprint density at radius 1 is 1.31 bits per heavy atom. The van der Waals surface area contributed by atoms with Crippen molar-refractivity contribution in [3.05, 3.63) is 0 Å². The summed E-state index contributed by atoms with van der Waals surface area (Å²) in [5.41, 5.74) is 5.95.